The number of rotatable bonds is 4. The molecule has 0 saturated heterocycles. The molecule has 25 heavy (non-hydrogen) atoms. The van der Waals surface area contributed by atoms with Gasteiger partial charge in [0, 0.05) is 24.7 Å². The molecule has 2 N–H and O–H groups in total. The fourth-order valence-corrected chi connectivity index (χ4v) is 4.59. The van der Waals surface area contributed by atoms with E-state index in [2.05, 4.69) is 0 Å². The maximum Gasteiger partial charge on any atom is 0.267 e. The largest absolute Gasteiger partial charge is 0.493 e. The average Bonchev–Trinajstić information content (AvgIpc) is 2.60. The third kappa shape index (κ3) is 3.03. The number of para-hydroxylation sites is 1. The predicted molar refractivity (Wildman–Crippen MR) is 92.2 cm³/mol. The maximum atomic E-state index is 14.5. The molecule has 1 aliphatic rings. The van der Waals surface area contributed by atoms with E-state index < -0.39 is 20.7 Å². The first-order valence-corrected chi connectivity index (χ1v) is 9.10. The van der Waals surface area contributed by atoms with Crippen molar-refractivity contribution in [3.05, 3.63) is 47.8 Å². The standard InChI is InChI=1S/C17H19FN2O4S/c1-23-15-8-13(18)17(9-16(15)24-2)25(21,22)20-10-12(19)7-11-5-3-4-6-14(11)20/h3-6,8-9,12H,7,10,19H2,1-2H3. The highest BCUT2D eigenvalue weighted by molar-refractivity contribution is 7.92. The molecule has 1 heterocycles. The van der Waals surface area contributed by atoms with Gasteiger partial charge < -0.3 is 15.2 Å². The normalized spacial score (nSPS) is 17.1. The van der Waals surface area contributed by atoms with Crippen LogP contribution in [0.15, 0.2) is 41.3 Å². The Labute approximate surface area is 146 Å². The van der Waals surface area contributed by atoms with Crippen LogP contribution >= 0.6 is 0 Å². The van der Waals surface area contributed by atoms with Crippen molar-refractivity contribution in [1.29, 1.82) is 0 Å². The Morgan fingerprint density at radius 3 is 2.48 bits per heavy atom. The third-order valence-electron chi connectivity index (χ3n) is 4.15. The van der Waals surface area contributed by atoms with Crippen LogP contribution in [-0.2, 0) is 16.4 Å². The van der Waals surface area contributed by atoms with Gasteiger partial charge in [-0.1, -0.05) is 18.2 Å². The number of hydrogen-bond acceptors (Lipinski definition) is 5. The van der Waals surface area contributed by atoms with Gasteiger partial charge in [-0.15, -0.1) is 0 Å². The van der Waals surface area contributed by atoms with Crippen LogP contribution < -0.4 is 19.5 Å². The van der Waals surface area contributed by atoms with Crippen LogP contribution in [0, 0.1) is 5.82 Å². The zero-order valence-electron chi connectivity index (χ0n) is 13.9. The van der Waals surface area contributed by atoms with Gasteiger partial charge in [-0.2, -0.15) is 0 Å². The van der Waals surface area contributed by atoms with Crippen molar-refractivity contribution >= 4 is 15.7 Å². The molecule has 0 saturated carbocycles. The van der Waals surface area contributed by atoms with E-state index in [0.717, 1.165) is 22.0 Å². The number of nitrogens with two attached hydrogens (primary N) is 1. The Morgan fingerprint density at radius 2 is 1.80 bits per heavy atom. The summed E-state index contributed by atoms with van der Waals surface area (Å²) >= 11 is 0. The summed E-state index contributed by atoms with van der Waals surface area (Å²) in [6.45, 7) is 0.0765. The van der Waals surface area contributed by atoms with Gasteiger partial charge in [0.1, 0.15) is 10.7 Å². The molecule has 0 radical (unpaired) electrons. The molecule has 1 aliphatic heterocycles. The monoisotopic (exact) mass is 366 g/mol. The molecular formula is C17H19FN2O4S. The Balaban J connectivity index is 2.15. The van der Waals surface area contributed by atoms with E-state index >= 15 is 0 Å². The fraction of sp³-hybridized carbons (Fsp3) is 0.294. The first kappa shape index (κ1) is 17.5. The van der Waals surface area contributed by atoms with Gasteiger partial charge in [-0.3, -0.25) is 4.31 Å². The van der Waals surface area contributed by atoms with E-state index in [9.17, 15) is 12.8 Å². The lowest BCUT2D eigenvalue weighted by molar-refractivity contribution is 0.350. The lowest BCUT2D eigenvalue weighted by atomic mass is 10.0. The van der Waals surface area contributed by atoms with Crippen LogP contribution in [0.5, 0.6) is 11.5 Å². The summed E-state index contributed by atoms with van der Waals surface area (Å²) < 4.78 is 52.0. The zero-order chi connectivity index (χ0) is 18.2. The van der Waals surface area contributed by atoms with Crippen LogP contribution in [0.2, 0.25) is 0 Å². The van der Waals surface area contributed by atoms with E-state index in [1.807, 2.05) is 12.1 Å². The van der Waals surface area contributed by atoms with E-state index in [4.69, 9.17) is 15.2 Å². The lowest BCUT2D eigenvalue weighted by Crippen LogP contribution is -2.46. The number of methoxy groups -OCH3 is 2. The van der Waals surface area contributed by atoms with E-state index in [-0.39, 0.29) is 24.1 Å². The van der Waals surface area contributed by atoms with Crippen LogP contribution in [0.4, 0.5) is 10.1 Å². The second-order valence-corrected chi connectivity index (χ2v) is 7.60. The molecule has 3 rings (SSSR count). The van der Waals surface area contributed by atoms with E-state index in [1.54, 1.807) is 12.1 Å². The summed E-state index contributed by atoms with van der Waals surface area (Å²) in [6, 6.07) is 8.84. The summed E-state index contributed by atoms with van der Waals surface area (Å²) in [5, 5.41) is 0. The number of sulfonamides is 1. The van der Waals surface area contributed by atoms with Crippen molar-refractivity contribution in [1.82, 2.24) is 0 Å². The highest BCUT2D eigenvalue weighted by Crippen LogP contribution is 2.36. The van der Waals surface area contributed by atoms with Crippen molar-refractivity contribution in [3.8, 4) is 11.5 Å². The second-order valence-electron chi connectivity index (χ2n) is 5.77. The van der Waals surface area contributed by atoms with Gasteiger partial charge in [-0.05, 0) is 18.1 Å². The number of benzene rings is 2. The summed E-state index contributed by atoms with van der Waals surface area (Å²) in [7, 11) is -1.44. The lowest BCUT2D eigenvalue weighted by Gasteiger charge is -2.33. The molecule has 134 valence electrons. The highest BCUT2D eigenvalue weighted by Gasteiger charge is 2.34. The summed E-state index contributed by atoms with van der Waals surface area (Å²) in [4.78, 5) is -0.478. The fourth-order valence-electron chi connectivity index (χ4n) is 2.96. The number of fused-ring (bicyclic) bond motifs is 1. The SMILES string of the molecule is COc1cc(F)c(S(=O)(=O)N2CC(N)Cc3ccccc32)cc1OC. The number of anilines is 1. The molecular weight excluding hydrogens is 347 g/mol. The minimum atomic E-state index is -4.15. The molecule has 1 unspecified atom stereocenters. The molecule has 0 aliphatic carbocycles. The van der Waals surface area contributed by atoms with Crippen molar-refractivity contribution in [2.24, 2.45) is 5.73 Å². The Hall–Kier alpha value is -2.32. The van der Waals surface area contributed by atoms with E-state index in [0.29, 0.717) is 12.1 Å². The summed E-state index contributed by atoms with van der Waals surface area (Å²) in [5.41, 5.74) is 7.33. The van der Waals surface area contributed by atoms with Crippen molar-refractivity contribution in [2.75, 3.05) is 25.1 Å². The van der Waals surface area contributed by atoms with E-state index in [1.165, 1.54) is 14.2 Å². The molecule has 2 aromatic carbocycles. The maximum absolute atomic E-state index is 14.5. The number of halogens is 1. The van der Waals surface area contributed by atoms with Gasteiger partial charge in [0.05, 0.1) is 19.9 Å². The quantitative estimate of drug-likeness (QED) is 0.894. The molecule has 0 aromatic heterocycles. The molecule has 0 spiro atoms. The first-order valence-electron chi connectivity index (χ1n) is 7.66. The predicted octanol–water partition coefficient (Wildman–Crippen LogP) is 1.92. The van der Waals surface area contributed by atoms with Gasteiger partial charge >= 0.3 is 0 Å². The number of hydrogen-bond donors (Lipinski definition) is 1. The Bertz CT molecular complexity index is 902. The highest BCUT2D eigenvalue weighted by atomic mass is 32.2. The molecule has 6 nitrogen and oxygen atoms in total. The topological polar surface area (TPSA) is 81.9 Å². The summed E-state index contributed by atoms with van der Waals surface area (Å²) in [5.74, 6) is -0.652. The first-order chi connectivity index (χ1) is 11.9. The minimum absolute atomic E-state index is 0.0765. The van der Waals surface area contributed by atoms with Gasteiger partial charge in [0.25, 0.3) is 10.0 Å². The minimum Gasteiger partial charge on any atom is -0.493 e. The van der Waals surface area contributed by atoms with Crippen LogP contribution in [-0.4, -0.2) is 35.2 Å². The Morgan fingerprint density at radius 1 is 1.16 bits per heavy atom. The van der Waals surface area contributed by atoms with Gasteiger partial charge in [0.15, 0.2) is 11.5 Å². The second kappa shape index (κ2) is 6.53. The van der Waals surface area contributed by atoms with Crippen LogP contribution in [0.1, 0.15) is 5.56 Å². The molecule has 2 aromatic rings. The molecule has 1 atom stereocenters. The molecule has 0 amide bonds. The van der Waals surface area contributed by atoms with Gasteiger partial charge in [0.2, 0.25) is 0 Å². The average molecular weight is 366 g/mol. The van der Waals surface area contributed by atoms with Crippen molar-refractivity contribution < 1.29 is 22.3 Å². The molecule has 0 bridgehead atoms. The molecule has 8 heteroatoms. The van der Waals surface area contributed by atoms with Crippen LogP contribution in [0.25, 0.3) is 0 Å². The number of ether oxygens (including phenoxy) is 2. The van der Waals surface area contributed by atoms with Crippen LogP contribution in [0.3, 0.4) is 0 Å². The summed E-state index contributed by atoms with van der Waals surface area (Å²) in [6.07, 6.45) is 0.566. The Kier molecular flexibility index (Phi) is 4.57. The molecule has 0 fully saturated rings. The van der Waals surface area contributed by atoms with Gasteiger partial charge in [-0.25, -0.2) is 12.8 Å². The smallest absolute Gasteiger partial charge is 0.267 e. The van der Waals surface area contributed by atoms with Crippen molar-refractivity contribution in [3.63, 3.8) is 0 Å². The van der Waals surface area contributed by atoms with Crippen molar-refractivity contribution in [2.45, 2.75) is 17.4 Å². The number of nitrogens with zero attached hydrogens (tertiary/aromatic N) is 1. The zero-order valence-corrected chi connectivity index (χ0v) is 14.7. The third-order valence-corrected chi connectivity index (χ3v) is 5.94.